The summed E-state index contributed by atoms with van der Waals surface area (Å²) in [4.78, 5) is 16.8. The smallest absolute Gasteiger partial charge is 0.291 e. The average Bonchev–Trinajstić information content (AvgIpc) is 3.06. The number of hydrogen-bond donors (Lipinski definition) is 1. The lowest BCUT2D eigenvalue weighted by Gasteiger charge is -2.25. The van der Waals surface area contributed by atoms with Gasteiger partial charge in [-0.1, -0.05) is 11.6 Å². The summed E-state index contributed by atoms with van der Waals surface area (Å²) < 4.78 is 1.50. The predicted octanol–water partition coefficient (Wildman–Crippen LogP) is 3.11. The van der Waals surface area contributed by atoms with Gasteiger partial charge < -0.3 is 5.32 Å². The summed E-state index contributed by atoms with van der Waals surface area (Å²) in [6.45, 7) is 4.63. The molecule has 0 aliphatic heterocycles. The third-order valence-corrected chi connectivity index (χ3v) is 4.91. The molecule has 1 fully saturated rings. The SMILES string of the molecule is CC(C)(Nc1c(Cl)cnn(CC2CC2)c1=O)c1nccs1. The van der Waals surface area contributed by atoms with E-state index in [1.165, 1.54) is 23.7 Å². The van der Waals surface area contributed by atoms with E-state index >= 15 is 0 Å². The topological polar surface area (TPSA) is 59.8 Å². The lowest BCUT2D eigenvalue weighted by Crippen LogP contribution is -2.34. The molecular weight excluding hydrogens is 308 g/mol. The van der Waals surface area contributed by atoms with Gasteiger partial charge in [-0.25, -0.2) is 9.67 Å². The first kappa shape index (κ1) is 14.5. The molecule has 0 atom stereocenters. The van der Waals surface area contributed by atoms with Gasteiger partial charge in [0.05, 0.1) is 16.8 Å². The van der Waals surface area contributed by atoms with Crippen LogP contribution >= 0.6 is 22.9 Å². The maximum absolute atomic E-state index is 12.5. The van der Waals surface area contributed by atoms with Crippen LogP contribution in [-0.4, -0.2) is 14.8 Å². The Morgan fingerprint density at radius 2 is 2.29 bits per heavy atom. The molecule has 0 amide bonds. The molecule has 5 nitrogen and oxygen atoms in total. The second kappa shape index (κ2) is 5.42. The second-order valence-corrected chi connectivity index (χ2v) is 7.19. The molecule has 1 aliphatic rings. The van der Waals surface area contributed by atoms with Crippen molar-refractivity contribution in [1.82, 2.24) is 14.8 Å². The highest BCUT2D eigenvalue weighted by Gasteiger charge is 2.27. The molecule has 0 aromatic carbocycles. The van der Waals surface area contributed by atoms with E-state index in [0.29, 0.717) is 23.2 Å². The van der Waals surface area contributed by atoms with E-state index < -0.39 is 5.54 Å². The minimum Gasteiger partial charge on any atom is -0.368 e. The summed E-state index contributed by atoms with van der Waals surface area (Å²) in [7, 11) is 0. The molecule has 1 saturated carbocycles. The van der Waals surface area contributed by atoms with E-state index in [-0.39, 0.29) is 5.56 Å². The molecule has 0 unspecified atom stereocenters. The first-order chi connectivity index (χ1) is 9.97. The molecule has 0 saturated heterocycles. The summed E-state index contributed by atoms with van der Waals surface area (Å²) in [6.07, 6.45) is 5.63. The molecule has 0 spiro atoms. The molecule has 0 bridgehead atoms. The summed E-state index contributed by atoms with van der Waals surface area (Å²) in [5.74, 6) is 0.580. The Bertz CT molecular complexity index is 691. The first-order valence-corrected chi connectivity index (χ1v) is 8.17. The predicted molar refractivity (Wildman–Crippen MR) is 85.0 cm³/mol. The summed E-state index contributed by atoms with van der Waals surface area (Å²) in [6, 6.07) is 0. The van der Waals surface area contributed by atoms with Crippen molar-refractivity contribution in [1.29, 1.82) is 0 Å². The molecule has 2 heterocycles. The van der Waals surface area contributed by atoms with Gasteiger partial charge in [0.25, 0.3) is 5.56 Å². The van der Waals surface area contributed by atoms with Crippen LogP contribution < -0.4 is 10.9 Å². The number of anilines is 1. The molecule has 0 radical (unpaired) electrons. The lowest BCUT2D eigenvalue weighted by atomic mass is 10.1. The van der Waals surface area contributed by atoms with Crippen molar-refractivity contribution in [2.75, 3.05) is 5.32 Å². The van der Waals surface area contributed by atoms with Crippen LogP contribution in [0.3, 0.4) is 0 Å². The minimum atomic E-state index is -0.463. The number of rotatable bonds is 5. The highest BCUT2D eigenvalue weighted by molar-refractivity contribution is 7.09. The Morgan fingerprint density at radius 1 is 1.52 bits per heavy atom. The van der Waals surface area contributed by atoms with Crippen molar-refractivity contribution in [3.8, 4) is 0 Å². The largest absolute Gasteiger partial charge is 0.368 e. The number of hydrogen-bond acceptors (Lipinski definition) is 5. The van der Waals surface area contributed by atoms with Gasteiger partial charge in [0, 0.05) is 18.1 Å². The van der Waals surface area contributed by atoms with Gasteiger partial charge in [0.15, 0.2) is 0 Å². The van der Waals surface area contributed by atoms with Crippen molar-refractivity contribution in [2.24, 2.45) is 5.92 Å². The molecule has 2 aromatic heterocycles. The fourth-order valence-electron chi connectivity index (χ4n) is 2.15. The number of nitrogens with one attached hydrogen (secondary N) is 1. The maximum Gasteiger partial charge on any atom is 0.291 e. The fourth-order valence-corrected chi connectivity index (χ4v) is 3.04. The monoisotopic (exact) mass is 324 g/mol. The van der Waals surface area contributed by atoms with Crippen LogP contribution in [0.2, 0.25) is 5.02 Å². The number of thiazole rings is 1. The maximum atomic E-state index is 12.5. The third-order valence-electron chi connectivity index (χ3n) is 3.53. The Balaban J connectivity index is 1.92. The zero-order valence-electron chi connectivity index (χ0n) is 12.0. The lowest BCUT2D eigenvalue weighted by molar-refractivity contribution is 0.530. The highest BCUT2D eigenvalue weighted by atomic mass is 35.5. The van der Waals surface area contributed by atoms with E-state index in [0.717, 1.165) is 5.01 Å². The van der Waals surface area contributed by atoms with E-state index in [4.69, 9.17) is 11.6 Å². The van der Waals surface area contributed by atoms with Gasteiger partial charge in [-0.15, -0.1) is 11.3 Å². The van der Waals surface area contributed by atoms with E-state index in [9.17, 15) is 4.79 Å². The van der Waals surface area contributed by atoms with Crippen molar-refractivity contribution < 1.29 is 0 Å². The zero-order valence-corrected chi connectivity index (χ0v) is 13.5. The molecule has 3 rings (SSSR count). The van der Waals surface area contributed by atoms with Gasteiger partial charge in [-0.2, -0.15) is 5.10 Å². The Hall–Kier alpha value is -1.40. The fraction of sp³-hybridized carbons (Fsp3) is 0.500. The molecule has 21 heavy (non-hydrogen) atoms. The van der Waals surface area contributed by atoms with Crippen LogP contribution in [-0.2, 0) is 12.1 Å². The molecule has 2 aromatic rings. The van der Waals surface area contributed by atoms with Crippen molar-refractivity contribution in [3.05, 3.63) is 38.2 Å². The van der Waals surface area contributed by atoms with Crippen LogP contribution in [0.1, 0.15) is 31.7 Å². The normalized spacial score (nSPS) is 15.2. The molecule has 7 heteroatoms. The summed E-state index contributed by atoms with van der Waals surface area (Å²) in [5.41, 5.74) is -0.234. The standard InChI is InChI=1S/C14H17ClN4OS/c1-14(2,13-16-5-6-21-13)18-11-10(15)7-17-19(12(11)20)8-9-3-4-9/h5-7,9,18H,3-4,8H2,1-2H3. The zero-order chi connectivity index (χ0) is 15.0. The van der Waals surface area contributed by atoms with Gasteiger partial charge >= 0.3 is 0 Å². The minimum absolute atomic E-state index is 0.168. The van der Waals surface area contributed by atoms with Crippen molar-refractivity contribution >= 4 is 28.6 Å². The van der Waals surface area contributed by atoms with Gasteiger partial charge in [0.2, 0.25) is 0 Å². The highest BCUT2D eigenvalue weighted by Crippen LogP contribution is 2.31. The van der Waals surface area contributed by atoms with Crippen LogP contribution in [0, 0.1) is 5.92 Å². The van der Waals surface area contributed by atoms with Crippen molar-refractivity contribution in [2.45, 2.75) is 38.8 Å². The van der Waals surface area contributed by atoms with E-state index in [1.807, 2.05) is 19.2 Å². The third kappa shape index (κ3) is 3.11. The quantitative estimate of drug-likeness (QED) is 0.918. The average molecular weight is 325 g/mol. The Labute approximate surface area is 132 Å². The molecule has 112 valence electrons. The molecular formula is C14H17ClN4OS. The Morgan fingerprint density at radius 3 is 2.90 bits per heavy atom. The van der Waals surface area contributed by atoms with Crippen LogP contribution in [0.25, 0.3) is 0 Å². The summed E-state index contributed by atoms with van der Waals surface area (Å²) in [5, 5.41) is 10.5. The van der Waals surface area contributed by atoms with Gasteiger partial charge in [-0.3, -0.25) is 4.79 Å². The van der Waals surface area contributed by atoms with Crippen LogP contribution in [0.4, 0.5) is 5.69 Å². The Kier molecular flexibility index (Phi) is 3.75. The van der Waals surface area contributed by atoms with Crippen molar-refractivity contribution in [3.63, 3.8) is 0 Å². The molecule has 1 aliphatic carbocycles. The number of halogens is 1. The first-order valence-electron chi connectivity index (χ1n) is 6.91. The van der Waals surface area contributed by atoms with Gasteiger partial charge in [0.1, 0.15) is 10.7 Å². The van der Waals surface area contributed by atoms with Crippen LogP contribution in [0.5, 0.6) is 0 Å². The summed E-state index contributed by atoms with van der Waals surface area (Å²) >= 11 is 7.71. The molecule has 1 N–H and O–H groups in total. The number of nitrogens with zero attached hydrogens (tertiary/aromatic N) is 3. The van der Waals surface area contributed by atoms with E-state index in [1.54, 1.807) is 17.5 Å². The second-order valence-electron chi connectivity index (χ2n) is 5.89. The van der Waals surface area contributed by atoms with Crippen LogP contribution in [0.15, 0.2) is 22.6 Å². The van der Waals surface area contributed by atoms with Gasteiger partial charge in [-0.05, 0) is 32.6 Å². The number of aromatic nitrogens is 3. The van der Waals surface area contributed by atoms with E-state index in [2.05, 4.69) is 15.4 Å².